The molecular formula is C21H17NO2. The molecule has 4 aromatic rings. The molecule has 3 heteroatoms. The zero-order valence-corrected chi connectivity index (χ0v) is 13.3. The van der Waals surface area contributed by atoms with Crippen molar-refractivity contribution in [3.63, 3.8) is 0 Å². The van der Waals surface area contributed by atoms with Crippen molar-refractivity contribution in [2.24, 2.45) is 0 Å². The highest BCUT2D eigenvalue weighted by Gasteiger charge is 2.15. The standard InChI is InChI=1S/C21H17NO2/c1-23-16-10-7-11-17(14-16)24-21-18-12-5-6-13-19(18)22-20(21)15-8-3-2-4-9-15/h2-14,22H,1H3. The second kappa shape index (κ2) is 6.13. The number of hydrogen-bond donors (Lipinski definition) is 1. The number of ether oxygens (including phenoxy) is 2. The van der Waals surface area contributed by atoms with Crippen molar-refractivity contribution in [1.82, 2.24) is 4.98 Å². The molecule has 3 aromatic carbocycles. The number of H-pyrrole nitrogens is 1. The fourth-order valence-corrected chi connectivity index (χ4v) is 2.81. The minimum atomic E-state index is 0.747. The highest BCUT2D eigenvalue weighted by atomic mass is 16.5. The van der Waals surface area contributed by atoms with Gasteiger partial charge < -0.3 is 14.5 Å². The molecule has 1 heterocycles. The summed E-state index contributed by atoms with van der Waals surface area (Å²) in [6, 6.07) is 26.0. The fourth-order valence-electron chi connectivity index (χ4n) is 2.81. The van der Waals surface area contributed by atoms with E-state index in [0.29, 0.717) is 0 Å². The number of nitrogens with one attached hydrogen (secondary N) is 1. The average molecular weight is 315 g/mol. The molecule has 0 unspecified atom stereocenters. The van der Waals surface area contributed by atoms with Crippen LogP contribution in [0.3, 0.4) is 0 Å². The number of hydrogen-bond acceptors (Lipinski definition) is 2. The summed E-state index contributed by atoms with van der Waals surface area (Å²) in [5.74, 6) is 2.34. The second-order valence-electron chi connectivity index (χ2n) is 5.52. The predicted octanol–water partition coefficient (Wildman–Crippen LogP) is 5.64. The average Bonchev–Trinajstić information content (AvgIpc) is 3.01. The summed E-state index contributed by atoms with van der Waals surface area (Å²) in [5.41, 5.74) is 3.11. The van der Waals surface area contributed by atoms with E-state index in [0.717, 1.165) is 39.4 Å². The molecule has 0 atom stereocenters. The van der Waals surface area contributed by atoms with Gasteiger partial charge in [0.05, 0.1) is 12.8 Å². The summed E-state index contributed by atoms with van der Waals surface area (Å²) in [6.07, 6.45) is 0. The normalized spacial score (nSPS) is 10.7. The van der Waals surface area contributed by atoms with E-state index in [1.54, 1.807) is 7.11 Å². The van der Waals surface area contributed by atoms with Crippen LogP contribution in [0.5, 0.6) is 17.2 Å². The first-order valence-electron chi connectivity index (χ1n) is 7.83. The minimum Gasteiger partial charge on any atom is -0.497 e. The SMILES string of the molecule is COc1cccc(Oc2c(-c3ccccc3)[nH]c3ccccc23)c1. The maximum atomic E-state index is 6.25. The topological polar surface area (TPSA) is 34.2 Å². The highest BCUT2D eigenvalue weighted by Crippen LogP contribution is 2.40. The first-order chi connectivity index (χ1) is 11.8. The van der Waals surface area contributed by atoms with Gasteiger partial charge in [0, 0.05) is 22.5 Å². The van der Waals surface area contributed by atoms with E-state index in [4.69, 9.17) is 9.47 Å². The molecule has 0 fully saturated rings. The summed E-state index contributed by atoms with van der Waals surface area (Å²) < 4.78 is 11.5. The van der Waals surface area contributed by atoms with Crippen molar-refractivity contribution in [1.29, 1.82) is 0 Å². The monoisotopic (exact) mass is 315 g/mol. The Balaban J connectivity index is 1.86. The van der Waals surface area contributed by atoms with Gasteiger partial charge in [0.15, 0.2) is 5.75 Å². The summed E-state index contributed by atoms with van der Waals surface area (Å²) in [6.45, 7) is 0. The number of aromatic amines is 1. The van der Waals surface area contributed by atoms with Crippen LogP contribution < -0.4 is 9.47 Å². The van der Waals surface area contributed by atoms with E-state index < -0.39 is 0 Å². The number of benzene rings is 3. The fraction of sp³-hybridized carbons (Fsp3) is 0.0476. The van der Waals surface area contributed by atoms with Crippen LogP contribution in [0.4, 0.5) is 0 Å². The van der Waals surface area contributed by atoms with Gasteiger partial charge in [0.2, 0.25) is 0 Å². The van der Waals surface area contributed by atoms with E-state index in [-0.39, 0.29) is 0 Å². The van der Waals surface area contributed by atoms with Gasteiger partial charge in [-0.2, -0.15) is 0 Å². The Hall–Kier alpha value is -3.20. The number of methoxy groups -OCH3 is 1. The molecule has 0 saturated heterocycles. The zero-order valence-electron chi connectivity index (χ0n) is 13.3. The largest absolute Gasteiger partial charge is 0.497 e. The maximum Gasteiger partial charge on any atom is 0.160 e. The first-order valence-corrected chi connectivity index (χ1v) is 7.83. The maximum absolute atomic E-state index is 6.25. The first kappa shape index (κ1) is 14.4. The third kappa shape index (κ3) is 2.61. The van der Waals surface area contributed by atoms with E-state index in [9.17, 15) is 0 Å². The van der Waals surface area contributed by atoms with Crippen LogP contribution in [0, 0.1) is 0 Å². The molecule has 24 heavy (non-hydrogen) atoms. The van der Waals surface area contributed by atoms with Gasteiger partial charge >= 0.3 is 0 Å². The second-order valence-corrected chi connectivity index (χ2v) is 5.52. The van der Waals surface area contributed by atoms with Crippen LogP contribution in [-0.2, 0) is 0 Å². The van der Waals surface area contributed by atoms with Gasteiger partial charge in [0.25, 0.3) is 0 Å². The Labute approximate surface area is 140 Å². The van der Waals surface area contributed by atoms with Gasteiger partial charge in [-0.15, -0.1) is 0 Å². The smallest absolute Gasteiger partial charge is 0.160 e. The van der Waals surface area contributed by atoms with Crippen molar-refractivity contribution in [2.75, 3.05) is 7.11 Å². The molecule has 0 saturated carbocycles. The molecule has 0 amide bonds. The van der Waals surface area contributed by atoms with Gasteiger partial charge in [-0.05, 0) is 24.3 Å². The quantitative estimate of drug-likeness (QED) is 0.529. The number of aromatic nitrogens is 1. The Bertz CT molecular complexity index is 973. The van der Waals surface area contributed by atoms with E-state index in [1.807, 2.05) is 54.6 Å². The van der Waals surface area contributed by atoms with Crippen LogP contribution in [-0.4, -0.2) is 12.1 Å². The third-order valence-corrected chi connectivity index (χ3v) is 3.98. The lowest BCUT2D eigenvalue weighted by Gasteiger charge is -2.09. The van der Waals surface area contributed by atoms with E-state index in [1.165, 1.54) is 0 Å². The van der Waals surface area contributed by atoms with Crippen LogP contribution in [0.2, 0.25) is 0 Å². The molecule has 0 bridgehead atoms. The lowest BCUT2D eigenvalue weighted by Crippen LogP contribution is -1.88. The van der Waals surface area contributed by atoms with Crippen molar-refractivity contribution in [2.45, 2.75) is 0 Å². The summed E-state index contributed by atoms with van der Waals surface area (Å²) in [5, 5.41) is 1.05. The van der Waals surface area contributed by atoms with Crippen molar-refractivity contribution in [3.8, 4) is 28.5 Å². The van der Waals surface area contributed by atoms with Crippen LogP contribution >= 0.6 is 0 Å². The molecule has 1 aromatic heterocycles. The van der Waals surface area contributed by atoms with Crippen molar-refractivity contribution in [3.05, 3.63) is 78.9 Å². The molecule has 0 aliphatic rings. The number of para-hydroxylation sites is 1. The molecule has 3 nitrogen and oxygen atoms in total. The summed E-state index contributed by atoms with van der Waals surface area (Å²) in [4.78, 5) is 3.47. The molecular weight excluding hydrogens is 298 g/mol. The Kier molecular flexibility index (Phi) is 3.67. The van der Waals surface area contributed by atoms with Crippen LogP contribution in [0.1, 0.15) is 0 Å². The highest BCUT2D eigenvalue weighted by molar-refractivity contribution is 5.94. The third-order valence-electron chi connectivity index (χ3n) is 3.98. The van der Waals surface area contributed by atoms with Gasteiger partial charge in [-0.1, -0.05) is 48.5 Å². The van der Waals surface area contributed by atoms with Crippen LogP contribution in [0.15, 0.2) is 78.9 Å². The van der Waals surface area contributed by atoms with Crippen molar-refractivity contribution < 1.29 is 9.47 Å². The summed E-state index contributed by atoms with van der Waals surface area (Å²) >= 11 is 0. The molecule has 4 rings (SSSR count). The lowest BCUT2D eigenvalue weighted by atomic mass is 10.1. The number of fused-ring (bicyclic) bond motifs is 1. The lowest BCUT2D eigenvalue weighted by molar-refractivity contribution is 0.409. The van der Waals surface area contributed by atoms with Crippen molar-refractivity contribution >= 4 is 10.9 Å². The zero-order chi connectivity index (χ0) is 16.4. The van der Waals surface area contributed by atoms with Gasteiger partial charge in [-0.25, -0.2) is 0 Å². The minimum absolute atomic E-state index is 0.747. The molecule has 0 radical (unpaired) electrons. The molecule has 118 valence electrons. The van der Waals surface area contributed by atoms with Gasteiger partial charge in [-0.3, -0.25) is 0 Å². The molecule has 0 aliphatic carbocycles. The Morgan fingerprint density at radius 3 is 2.33 bits per heavy atom. The molecule has 0 spiro atoms. The summed E-state index contributed by atoms with van der Waals surface area (Å²) in [7, 11) is 1.65. The molecule has 0 aliphatic heterocycles. The Morgan fingerprint density at radius 2 is 1.50 bits per heavy atom. The molecule has 1 N–H and O–H groups in total. The van der Waals surface area contributed by atoms with E-state index >= 15 is 0 Å². The predicted molar refractivity (Wildman–Crippen MR) is 96.8 cm³/mol. The van der Waals surface area contributed by atoms with E-state index in [2.05, 4.69) is 29.2 Å². The Morgan fingerprint density at radius 1 is 0.750 bits per heavy atom. The van der Waals surface area contributed by atoms with Gasteiger partial charge in [0.1, 0.15) is 11.5 Å². The van der Waals surface area contributed by atoms with Crippen LogP contribution in [0.25, 0.3) is 22.2 Å². The number of rotatable bonds is 4.